The molecule has 0 fully saturated rings. The van der Waals surface area contributed by atoms with E-state index < -0.39 is 0 Å². The van der Waals surface area contributed by atoms with Gasteiger partial charge in [-0.15, -0.1) is 0 Å². The van der Waals surface area contributed by atoms with Crippen LogP contribution in [-0.4, -0.2) is 23.7 Å². The molecule has 0 radical (unpaired) electrons. The van der Waals surface area contributed by atoms with Crippen LogP contribution in [0.25, 0.3) is 5.76 Å². The molecule has 0 aliphatic rings. The molecular weight excluding hydrogens is 268 g/mol. The maximum absolute atomic E-state index is 5.65. The van der Waals surface area contributed by atoms with Crippen LogP contribution in [0.15, 0.2) is 43.1 Å². The Morgan fingerprint density at radius 3 is 2.62 bits per heavy atom. The van der Waals surface area contributed by atoms with Crippen molar-refractivity contribution in [2.75, 3.05) is 13.7 Å². The second-order valence-corrected chi connectivity index (χ2v) is 4.21. The molecule has 2 rings (SSSR count). The molecule has 5 heteroatoms. The van der Waals surface area contributed by atoms with Gasteiger partial charge in [0.2, 0.25) is 5.88 Å². The molecule has 0 bridgehead atoms. The Morgan fingerprint density at radius 2 is 1.95 bits per heavy atom. The summed E-state index contributed by atoms with van der Waals surface area (Å²) in [7, 11) is 1.64. The monoisotopic (exact) mass is 286 g/mol. The van der Waals surface area contributed by atoms with E-state index in [0.29, 0.717) is 30.7 Å². The van der Waals surface area contributed by atoms with Gasteiger partial charge >= 0.3 is 0 Å². The lowest BCUT2D eigenvalue weighted by Gasteiger charge is -2.08. The number of nitrogens with zero attached hydrogens (tertiary/aromatic N) is 2. The molecule has 1 aromatic carbocycles. The average molecular weight is 286 g/mol. The van der Waals surface area contributed by atoms with Crippen LogP contribution in [0.5, 0.6) is 11.6 Å². The summed E-state index contributed by atoms with van der Waals surface area (Å²) in [5.41, 5.74) is 1.03. The van der Waals surface area contributed by atoms with Crippen LogP contribution < -0.4 is 9.47 Å². The van der Waals surface area contributed by atoms with E-state index in [0.717, 1.165) is 11.3 Å². The summed E-state index contributed by atoms with van der Waals surface area (Å²) in [4.78, 5) is 8.36. The Labute approximate surface area is 124 Å². The molecule has 0 N–H and O–H groups in total. The fraction of sp³-hybridized carbons (Fsp3) is 0.250. The number of benzene rings is 1. The Balaban J connectivity index is 1.99. The molecule has 0 aliphatic heterocycles. The van der Waals surface area contributed by atoms with Crippen molar-refractivity contribution in [3.8, 4) is 11.6 Å². The molecule has 0 atom stereocenters. The highest BCUT2D eigenvalue weighted by atomic mass is 16.5. The molecule has 110 valence electrons. The van der Waals surface area contributed by atoms with Gasteiger partial charge in [0.25, 0.3) is 0 Å². The highest BCUT2D eigenvalue weighted by Gasteiger charge is 2.05. The van der Waals surface area contributed by atoms with E-state index in [1.807, 2.05) is 31.2 Å². The Kier molecular flexibility index (Phi) is 5.15. The second kappa shape index (κ2) is 7.28. The van der Waals surface area contributed by atoms with Crippen molar-refractivity contribution in [2.24, 2.45) is 0 Å². The van der Waals surface area contributed by atoms with Crippen LogP contribution >= 0.6 is 0 Å². The maximum atomic E-state index is 5.65. The van der Waals surface area contributed by atoms with Crippen molar-refractivity contribution in [3.05, 3.63) is 54.5 Å². The zero-order valence-corrected chi connectivity index (χ0v) is 12.2. The first-order valence-electron chi connectivity index (χ1n) is 6.63. The summed E-state index contributed by atoms with van der Waals surface area (Å²) in [5.74, 6) is 2.17. The summed E-state index contributed by atoms with van der Waals surface area (Å²) in [6, 6.07) is 9.37. The van der Waals surface area contributed by atoms with Crippen LogP contribution in [-0.2, 0) is 11.3 Å². The van der Waals surface area contributed by atoms with Crippen molar-refractivity contribution in [1.29, 1.82) is 0 Å². The van der Waals surface area contributed by atoms with E-state index in [1.54, 1.807) is 19.4 Å². The highest BCUT2D eigenvalue weighted by Crippen LogP contribution is 2.15. The van der Waals surface area contributed by atoms with Crippen molar-refractivity contribution < 1.29 is 14.2 Å². The van der Waals surface area contributed by atoms with Crippen LogP contribution in [0.4, 0.5) is 0 Å². The predicted molar refractivity (Wildman–Crippen MR) is 80.0 cm³/mol. The van der Waals surface area contributed by atoms with Gasteiger partial charge in [0.05, 0.1) is 13.7 Å². The lowest BCUT2D eigenvalue weighted by atomic mass is 10.2. The maximum Gasteiger partial charge on any atom is 0.217 e. The van der Waals surface area contributed by atoms with E-state index in [-0.39, 0.29) is 0 Å². The molecule has 0 saturated heterocycles. The predicted octanol–water partition coefficient (Wildman–Crippen LogP) is 3.07. The Morgan fingerprint density at radius 1 is 1.19 bits per heavy atom. The first-order valence-corrected chi connectivity index (χ1v) is 6.63. The SMILES string of the molecule is C=C(OCC)c1nccc(OCc2ccc(OC)cc2)n1. The summed E-state index contributed by atoms with van der Waals surface area (Å²) in [5, 5.41) is 0. The highest BCUT2D eigenvalue weighted by molar-refractivity contribution is 5.49. The lowest BCUT2D eigenvalue weighted by Crippen LogP contribution is -2.01. The molecule has 0 aliphatic carbocycles. The number of methoxy groups -OCH3 is 1. The van der Waals surface area contributed by atoms with Gasteiger partial charge in [-0.2, -0.15) is 4.98 Å². The second-order valence-electron chi connectivity index (χ2n) is 4.21. The number of aromatic nitrogens is 2. The van der Waals surface area contributed by atoms with Crippen molar-refractivity contribution >= 4 is 5.76 Å². The quantitative estimate of drug-likeness (QED) is 0.732. The molecule has 0 saturated carbocycles. The summed E-state index contributed by atoms with van der Waals surface area (Å²) >= 11 is 0. The molecule has 1 heterocycles. The van der Waals surface area contributed by atoms with Crippen LogP contribution in [0, 0.1) is 0 Å². The van der Waals surface area contributed by atoms with E-state index in [1.165, 1.54) is 0 Å². The Hall–Kier alpha value is -2.56. The largest absolute Gasteiger partial charge is 0.497 e. The van der Waals surface area contributed by atoms with Crippen LogP contribution in [0.3, 0.4) is 0 Å². The van der Waals surface area contributed by atoms with Gasteiger partial charge in [-0.3, -0.25) is 0 Å². The van der Waals surface area contributed by atoms with E-state index >= 15 is 0 Å². The molecular formula is C16H18N2O3. The third-order valence-electron chi connectivity index (χ3n) is 2.74. The molecule has 5 nitrogen and oxygen atoms in total. The first kappa shape index (κ1) is 14.8. The smallest absolute Gasteiger partial charge is 0.217 e. The average Bonchev–Trinajstić information content (AvgIpc) is 2.54. The molecule has 0 unspecified atom stereocenters. The fourth-order valence-corrected chi connectivity index (χ4v) is 1.67. The minimum atomic E-state index is 0.418. The third-order valence-corrected chi connectivity index (χ3v) is 2.74. The van der Waals surface area contributed by atoms with Crippen LogP contribution in [0.1, 0.15) is 18.3 Å². The van der Waals surface area contributed by atoms with Crippen LogP contribution in [0.2, 0.25) is 0 Å². The summed E-state index contributed by atoms with van der Waals surface area (Å²) < 4.78 is 16.0. The third kappa shape index (κ3) is 4.21. The minimum Gasteiger partial charge on any atom is -0.497 e. The minimum absolute atomic E-state index is 0.418. The number of ether oxygens (including phenoxy) is 3. The molecule has 1 aromatic heterocycles. The van der Waals surface area contributed by atoms with Gasteiger partial charge in [-0.05, 0) is 24.6 Å². The topological polar surface area (TPSA) is 53.5 Å². The van der Waals surface area contributed by atoms with Gasteiger partial charge in [-0.25, -0.2) is 4.98 Å². The number of hydrogen-bond acceptors (Lipinski definition) is 5. The Bertz CT molecular complexity index is 597. The van der Waals surface area contributed by atoms with Gasteiger partial charge < -0.3 is 14.2 Å². The number of hydrogen-bond donors (Lipinski definition) is 0. The molecule has 21 heavy (non-hydrogen) atoms. The summed E-state index contributed by atoms with van der Waals surface area (Å²) in [6.45, 7) is 6.61. The van der Waals surface area contributed by atoms with Gasteiger partial charge in [0, 0.05) is 12.3 Å². The fourth-order valence-electron chi connectivity index (χ4n) is 1.67. The summed E-state index contributed by atoms with van der Waals surface area (Å²) in [6.07, 6.45) is 1.62. The zero-order chi connectivity index (χ0) is 15.1. The molecule has 0 spiro atoms. The molecule has 2 aromatic rings. The molecule has 0 amide bonds. The van der Waals surface area contributed by atoms with Gasteiger partial charge in [-0.1, -0.05) is 18.7 Å². The van der Waals surface area contributed by atoms with E-state index in [4.69, 9.17) is 14.2 Å². The first-order chi connectivity index (χ1) is 10.2. The number of rotatable bonds is 7. The standard InChI is InChI=1S/C16H18N2O3/c1-4-20-12(2)16-17-10-9-15(18-16)21-11-13-5-7-14(19-3)8-6-13/h5-10H,2,4,11H2,1,3H3. The normalized spacial score (nSPS) is 10.0. The zero-order valence-electron chi connectivity index (χ0n) is 12.2. The van der Waals surface area contributed by atoms with Crippen molar-refractivity contribution in [1.82, 2.24) is 9.97 Å². The van der Waals surface area contributed by atoms with E-state index in [9.17, 15) is 0 Å². The van der Waals surface area contributed by atoms with Crippen molar-refractivity contribution in [3.63, 3.8) is 0 Å². The van der Waals surface area contributed by atoms with Crippen molar-refractivity contribution in [2.45, 2.75) is 13.5 Å². The van der Waals surface area contributed by atoms with Gasteiger partial charge in [0.1, 0.15) is 12.4 Å². The lowest BCUT2D eigenvalue weighted by molar-refractivity contribution is 0.284. The van der Waals surface area contributed by atoms with E-state index in [2.05, 4.69) is 16.5 Å². The van der Waals surface area contributed by atoms with Gasteiger partial charge in [0.15, 0.2) is 11.6 Å².